The average Bonchev–Trinajstić information content (AvgIpc) is 3.16. The van der Waals surface area contributed by atoms with E-state index in [9.17, 15) is 19.2 Å². The number of amides is 3. The summed E-state index contributed by atoms with van der Waals surface area (Å²) in [6, 6.07) is 16.0. The quantitative estimate of drug-likeness (QED) is 0.401. The zero-order valence-electron chi connectivity index (χ0n) is 19.0. The van der Waals surface area contributed by atoms with Crippen LogP contribution >= 0.6 is 0 Å². The number of carbonyl (C=O) groups excluding carboxylic acids is 3. The highest BCUT2D eigenvalue weighted by Crippen LogP contribution is 2.44. The second-order valence-corrected chi connectivity index (χ2v) is 8.30. The molecule has 2 aromatic carbocycles. The van der Waals surface area contributed by atoms with E-state index >= 15 is 0 Å². The number of ether oxygens (including phenoxy) is 1. The Balaban J connectivity index is 1.36. The van der Waals surface area contributed by atoms with Crippen molar-refractivity contribution in [1.29, 1.82) is 0 Å². The molecule has 2 aromatic rings. The van der Waals surface area contributed by atoms with Crippen LogP contribution in [-0.2, 0) is 19.1 Å². The lowest BCUT2D eigenvalue weighted by atomic mass is 9.98. The lowest BCUT2D eigenvalue weighted by Gasteiger charge is -2.14. The summed E-state index contributed by atoms with van der Waals surface area (Å²) >= 11 is 0. The molecule has 0 aliphatic heterocycles. The third kappa shape index (κ3) is 6.81. The Morgan fingerprint density at radius 2 is 1.44 bits per heavy atom. The molecule has 1 atom stereocenters. The van der Waals surface area contributed by atoms with Crippen molar-refractivity contribution in [3.8, 4) is 11.1 Å². The fourth-order valence-corrected chi connectivity index (χ4v) is 3.87. The first kappa shape index (κ1) is 24.8. The van der Waals surface area contributed by atoms with Crippen LogP contribution in [-0.4, -0.2) is 55.2 Å². The van der Waals surface area contributed by atoms with Gasteiger partial charge in [-0.15, -0.1) is 0 Å². The summed E-state index contributed by atoms with van der Waals surface area (Å²) < 4.78 is 5.37. The highest BCUT2D eigenvalue weighted by Gasteiger charge is 2.29. The standard InChI is InChI=1S/C25H29N3O6/c1-16(10-11-24(31)32)12-26-22(29)13-27-23(30)14-28-25(33)34-15-21-19-8-4-2-6-17(19)18-7-3-5-9-20(18)21/h2-9,16,21H,10-15H2,1H3,(H,26,29)(H,27,30)(H,28,33)(H,31,32). The highest BCUT2D eigenvalue weighted by molar-refractivity contribution is 5.87. The lowest BCUT2D eigenvalue weighted by Crippen LogP contribution is -2.42. The first-order valence-electron chi connectivity index (χ1n) is 11.2. The Morgan fingerprint density at radius 1 is 0.882 bits per heavy atom. The monoisotopic (exact) mass is 467 g/mol. The van der Waals surface area contributed by atoms with Crippen LogP contribution in [0.25, 0.3) is 11.1 Å². The minimum absolute atomic E-state index is 0.00554. The van der Waals surface area contributed by atoms with Gasteiger partial charge in [0.1, 0.15) is 13.2 Å². The number of carbonyl (C=O) groups is 4. The van der Waals surface area contributed by atoms with E-state index in [-0.39, 0.29) is 38.0 Å². The van der Waals surface area contributed by atoms with Crippen LogP contribution < -0.4 is 16.0 Å². The van der Waals surface area contributed by atoms with Crippen molar-refractivity contribution in [1.82, 2.24) is 16.0 Å². The molecule has 0 aromatic heterocycles. The number of carboxylic acids is 1. The Bertz CT molecular complexity index is 1010. The maximum Gasteiger partial charge on any atom is 0.407 e. The van der Waals surface area contributed by atoms with E-state index in [0.29, 0.717) is 13.0 Å². The molecular weight excluding hydrogens is 438 g/mol. The van der Waals surface area contributed by atoms with E-state index in [4.69, 9.17) is 9.84 Å². The van der Waals surface area contributed by atoms with Crippen LogP contribution in [0.1, 0.15) is 36.8 Å². The minimum Gasteiger partial charge on any atom is -0.481 e. The van der Waals surface area contributed by atoms with Crippen LogP contribution in [0, 0.1) is 5.92 Å². The highest BCUT2D eigenvalue weighted by atomic mass is 16.5. The van der Waals surface area contributed by atoms with Gasteiger partial charge in [0.15, 0.2) is 0 Å². The van der Waals surface area contributed by atoms with Gasteiger partial charge in [-0.1, -0.05) is 55.5 Å². The molecule has 0 heterocycles. The molecule has 0 radical (unpaired) electrons. The molecule has 4 N–H and O–H groups in total. The summed E-state index contributed by atoms with van der Waals surface area (Å²) in [5.74, 6) is -1.87. The van der Waals surface area contributed by atoms with Gasteiger partial charge in [0, 0.05) is 18.9 Å². The van der Waals surface area contributed by atoms with Crippen molar-refractivity contribution in [2.45, 2.75) is 25.7 Å². The number of nitrogens with one attached hydrogen (secondary N) is 3. The van der Waals surface area contributed by atoms with Gasteiger partial charge in [-0.25, -0.2) is 4.79 Å². The average molecular weight is 468 g/mol. The Hall–Kier alpha value is -3.88. The van der Waals surface area contributed by atoms with E-state index in [0.717, 1.165) is 22.3 Å². The second-order valence-electron chi connectivity index (χ2n) is 8.30. The number of alkyl carbamates (subject to hydrolysis) is 1. The predicted octanol–water partition coefficient (Wildman–Crippen LogP) is 2.26. The molecule has 0 saturated carbocycles. The smallest absolute Gasteiger partial charge is 0.407 e. The number of rotatable bonds is 11. The van der Waals surface area contributed by atoms with Crippen LogP contribution in [0.5, 0.6) is 0 Å². The molecule has 9 nitrogen and oxygen atoms in total. The number of benzene rings is 2. The largest absolute Gasteiger partial charge is 0.481 e. The van der Waals surface area contributed by atoms with Gasteiger partial charge in [0.2, 0.25) is 11.8 Å². The lowest BCUT2D eigenvalue weighted by molar-refractivity contribution is -0.137. The van der Waals surface area contributed by atoms with Crippen LogP contribution in [0.2, 0.25) is 0 Å². The molecule has 9 heteroatoms. The van der Waals surface area contributed by atoms with Gasteiger partial charge in [-0.05, 0) is 34.6 Å². The first-order chi connectivity index (χ1) is 16.3. The van der Waals surface area contributed by atoms with E-state index in [1.807, 2.05) is 55.5 Å². The van der Waals surface area contributed by atoms with E-state index < -0.39 is 23.9 Å². The van der Waals surface area contributed by atoms with Gasteiger partial charge < -0.3 is 25.8 Å². The summed E-state index contributed by atoms with van der Waals surface area (Å²) in [5.41, 5.74) is 4.44. The molecule has 0 fully saturated rings. The molecule has 0 spiro atoms. The van der Waals surface area contributed by atoms with Crippen molar-refractivity contribution in [3.63, 3.8) is 0 Å². The number of hydrogen-bond acceptors (Lipinski definition) is 5. The van der Waals surface area contributed by atoms with Crippen molar-refractivity contribution in [2.75, 3.05) is 26.2 Å². The molecule has 0 bridgehead atoms. The molecular formula is C25H29N3O6. The third-order valence-electron chi connectivity index (χ3n) is 5.68. The molecule has 3 amide bonds. The van der Waals surface area contributed by atoms with Crippen LogP contribution in [0.4, 0.5) is 4.79 Å². The summed E-state index contributed by atoms with van der Waals surface area (Å²) in [6.45, 7) is 1.74. The Morgan fingerprint density at radius 3 is 2.06 bits per heavy atom. The minimum atomic E-state index is -0.880. The van der Waals surface area contributed by atoms with Gasteiger partial charge >= 0.3 is 12.1 Å². The fourth-order valence-electron chi connectivity index (χ4n) is 3.87. The molecule has 1 unspecified atom stereocenters. The maximum absolute atomic E-state index is 12.1. The van der Waals surface area contributed by atoms with Gasteiger partial charge in [0.25, 0.3) is 0 Å². The molecule has 3 rings (SSSR count). The Kier molecular flexibility index (Phi) is 8.61. The molecule has 180 valence electrons. The SMILES string of the molecule is CC(CCC(=O)O)CNC(=O)CNC(=O)CNC(=O)OCC1c2ccccc2-c2ccccc21. The summed E-state index contributed by atoms with van der Waals surface area (Å²) in [4.78, 5) is 46.4. The van der Waals surface area contributed by atoms with E-state index in [2.05, 4.69) is 16.0 Å². The van der Waals surface area contributed by atoms with E-state index in [1.54, 1.807) is 0 Å². The number of aliphatic carboxylic acids is 1. The summed E-state index contributed by atoms with van der Waals surface area (Å²) in [6.07, 6.45) is -0.227. The molecule has 1 aliphatic rings. The first-order valence-corrected chi connectivity index (χ1v) is 11.2. The Labute approximate surface area is 197 Å². The molecule has 1 aliphatic carbocycles. The summed E-state index contributed by atoms with van der Waals surface area (Å²) in [5, 5.41) is 16.1. The zero-order valence-corrected chi connectivity index (χ0v) is 19.0. The van der Waals surface area contributed by atoms with Crippen molar-refractivity contribution >= 4 is 23.9 Å². The number of fused-ring (bicyclic) bond motifs is 3. The summed E-state index contributed by atoms with van der Waals surface area (Å²) in [7, 11) is 0. The molecule has 34 heavy (non-hydrogen) atoms. The number of carboxylic acid groups (broad SMARTS) is 1. The maximum atomic E-state index is 12.1. The van der Waals surface area contributed by atoms with Gasteiger partial charge in [-0.2, -0.15) is 0 Å². The van der Waals surface area contributed by atoms with Crippen molar-refractivity contribution < 1.29 is 29.0 Å². The van der Waals surface area contributed by atoms with Gasteiger partial charge in [-0.3, -0.25) is 14.4 Å². The predicted molar refractivity (Wildman–Crippen MR) is 125 cm³/mol. The topological polar surface area (TPSA) is 134 Å². The normalized spacial score (nSPS) is 12.7. The van der Waals surface area contributed by atoms with Crippen LogP contribution in [0.3, 0.4) is 0 Å². The van der Waals surface area contributed by atoms with E-state index in [1.165, 1.54) is 0 Å². The van der Waals surface area contributed by atoms with Crippen molar-refractivity contribution in [2.24, 2.45) is 5.92 Å². The zero-order chi connectivity index (χ0) is 24.5. The molecule has 0 saturated heterocycles. The van der Waals surface area contributed by atoms with Crippen molar-refractivity contribution in [3.05, 3.63) is 59.7 Å². The second kappa shape index (κ2) is 11.8. The van der Waals surface area contributed by atoms with Gasteiger partial charge in [0.05, 0.1) is 6.54 Å². The van der Waals surface area contributed by atoms with Crippen LogP contribution in [0.15, 0.2) is 48.5 Å². The fraction of sp³-hybridized carbons (Fsp3) is 0.360. The third-order valence-corrected chi connectivity index (χ3v) is 5.68. The number of hydrogen-bond donors (Lipinski definition) is 4.